The van der Waals surface area contributed by atoms with Crippen LogP contribution in [0.15, 0.2) is 44.7 Å². The van der Waals surface area contributed by atoms with Gasteiger partial charge in [0.25, 0.3) is 0 Å². The van der Waals surface area contributed by atoms with Crippen LogP contribution in [0.25, 0.3) is 21.7 Å². The van der Waals surface area contributed by atoms with Crippen molar-refractivity contribution in [3.63, 3.8) is 0 Å². The van der Waals surface area contributed by atoms with Crippen LogP contribution in [0.1, 0.15) is 0 Å². The fourth-order valence-corrected chi connectivity index (χ4v) is 3.58. The van der Waals surface area contributed by atoms with Crippen LogP contribution in [0, 0.1) is 0 Å². The minimum absolute atomic E-state index is 0.282. The highest BCUT2D eigenvalue weighted by Crippen LogP contribution is 2.44. The maximum Gasteiger partial charge on any atom is 0.230 e. The molecule has 0 bridgehead atoms. The van der Waals surface area contributed by atoms with E-state index in [0.29, 0.717) is 5.69 Å². The van der Waals surface area contributed by atoms with Crippen molar-refractivity contribution in [1.29, 1.82) is 0 Å². The lowest BCUT2D eigenvalue weighted by Crippen LogP contribution is -1.91. The highest BCUT2D eigenvalue weighted by molar-refractivity contribution is 9.10. The molecular weight excluding hydrogens is 340 g/mol. The Kier molecular flexibility index (Phi) is 3.50. The molecule has 0 spiro atoms. The number of hydrogen-bond donors (Lipinski definition) is 1. The number of aromatic nitrogens is 1. The number of para-hydroxylation sites is 1. The Morgan fingerprint density at radius 3 is 2.80 bits per heavy atom. The van der Waals surface area contributed by atoms with Crippen LogP contribution >= 0.6 is 27.3 Å². The van der Waals surface area contributed by atoms with Gasteiger partial charge < -0.3 is 15.0 Å². The van der Waals surface area contributed by atoms with E-state index in [9.17, 15) is 0 Å². The van der Waals surface area contributed by atoms with Gasteiger partial charge in [-0.1, -0.05) is 23.4 Å². The Labute approximate surface area is 128 Å². The zero-order chi connectivity index (χ0) is 14.1. The van der Waals surface area contributed by atoms with E-state index < -0.39 is 0 Å². The van der Waals surface area contributed by atoms with Crippen molar-refractivity contribution >= 4 is 33.2 Å². The standard InChI is InChI=1S/C14H11BrN2O2S/c1-18-10-5-3-2-4-8(10)11-12(17-19-14(11)16)13-9(15)6-7-20-13/h2-7H,16H2,1H3. The summed E-state index contributed by atoms with van der Waals surface area (Å²) < 4.78 is 11.5. The molecule has 0 aliphatic heterocycles. The molecule has 0 fully saturated rings. The largest absolute Gasteiger partial charge is 0.496 e. The Morgan fingerprint density at radius 2 is 2.10 bits per heavy atom. The van der Waals surface area contributed by atoms with Crippen molar-refractivity contribution in [2.75, 3.05) is 12.8 Å². The van der Waals surface area contributed by atoms with E-state index >= 15 is 0 Å². The van der Waals surface area contributed by atoms with E-state index in [1.165, 1.54) is 0 Å². The van der Waals surface area contributed by atoms with Crippen molar-refractivity contribution < 1.29 is 9.26 Å². The number of nitrogen functional groups attached to an aromatic ring is 1. The van der Waals surface area contributed by atoms with Gasteiger partial charge >= 0.3 is 0 Å². The number of nitrogens with two attached hydrogens (primary N) is 1. The van der Waals surface area contributed by atoms with Crippen LogP contribution < -0.4 is 10.5 Å². The molecule has 0 unspecified atom stereocenters. The van der Waals surface area contributed by atoms with Crippen molar-refractivity contribution in [3.8, 4) is 27.4 Å². The summed E-state index contributed by atoms with van der Waals surface area (Å²) >= 11 is 5.08. The summed E-state index contributed by atoms with van der Waals surface area (Å²) in [6, 6.07) is 9.63. The number of benzene rings is 1. The smallest absolute Gasteiger partial charge is 0.230 e. The van der Waals surface area contributed by atoms with Gasteiger partial charge in [-0.2, -0.15) is 0 Å². The lowest BCUT2D eigenvalue weighted by Gasteiger charge is -2.07. The second-order valence-corrected chi connectivity index (χ2v) is 5.84. The summed E-state index contributed by atoms with van der Waals surface area (Å²) in [4.78, 5) is 0.978. The topological polar surface area (TPSA) is 61.3 Å². The zero-order valence-corrected chi connectivity index (χ0v) is 13.0. The molecule has 0 aliphatic rings. The van der Waals surface area contributed by atoms with Crippen molar-refractivity contribution in [3.05, 3.63) is 40.2 Å². The molecule has 0 radical (unpaired) electrons. The minimum Gasteiger partial charge on any atom is -0.496 e. The lowest BCUT2D eigenvalue weighted by molar-refractivity contribution is 0.416. The molecule has 3 aromatic rings. The van der Waals surface area contributed by atoms with E-state index in [0.717, 1.165) is 26.2 Å². The Balaban J connectivity index is 2.25. The summed E-state index contributed by atoms with van der Waals surface area (Å²) in [5.74, 6) is 1.01. The van der Waals surface area contributed by atoms with Gasteiger partial charge in [0.2, 0.25) is 5.88 Å². The maximum atomic E-state index is 5.96. The number of hydrogen-bond acceptors (Lipinski definition) is 5. The first-order valence-corrected chi connectivity index (χ1v) is 7.51. The van der Waals surface area contributed by atoms with Crippen LogP contribution in [-0.2, 0) is 0 Å². The first-order chi connectivity index (χ1) is 9.72. The van der Waals surface area contributed by atoms with Gasteiger partial charge in [-0.25, -0.2) is 0 Å². The summed E-state index contributed by atoms with van der Waals surface area (Å²) in [7, 11) is 1.63. The van der Waals surface area contributed by atoms with Crippen LogP contribution in [0.2, 0.25) is 0 Å². The molecule has 0 saturated heterocycles. The van der Waals surface area contributed by atoms with Gasteiger partial charge in [0.1, 0.15) is 11.4 Å². The number of halogens is 1. The molecule has 2 aromatic heterocycles. The lowest BCUT2D eigenvalue weighted by atomic mass is 10.0. The maximum absolute atomic E-state index is 5.96. The molecule has 0 amide bonds. The highest BCUT2D eigenvalue weighted by Gasteiger charge is 2.22. The summed E-state index contributed by atoms with van der Waals surface area (Å²) in [5.41, 5.74) is 8.29. The first-order valence-electron chi connectivity index (χ1n) is 5.84. The number of methoxy groups -OCH3 is 1. The van der Waals surface area contributed by atoms with Gasteiger partial charge in [0, 0.05) is 10.0 Å². The van der Waals surface area contributed by atoms with Gasteiger partial charge in [0.05, 0.1) is 17.6 Å². The fraction of sp³-hybridized carbons (Fsp3) is 0.0714. The highest BCUT2D eigenvalue weighted by atomic mass is 79.9. The average Bonchev–Trinajstić information content (AvgIpc) is 3.04. The zero-order valence-electron chi connectivity index (χ0n) is 10.6. The summed E-state index contributed by atoms with van der Waals surface area (Å²) in [6.07, 6.45) is 0. The minimum atomic E-state index is 0.282. The molecule has 20 heavy (non-hydrogen) atoms. The molecule has 3 rings (SSSR count). The number of nitrogens with zero attached hydrogens (tertiary/aromatic N) is 1. The Hall–Kier alpha value is -1.79. The number of rotatable bonds is 3. The third-order valence-corrected chi connectivity index (χ3v) is 4.77. The molecular formula is C14H11BrN2O2S. The summed E-state index contributed by atoms with van der Waals surface area (Å²) in [6.45, 7) is 0. The molecule has 2 heterocycles. The van der Waals surface area contributed by atoms with E-state index in [2.05, 4.69) is 21.1 Å². The molecule has 102 valence electrons. The van der Waals surface area contributed by atoms with Crippen LogP contribution in [-0.4, -0.2) is 12.3 Å². The molecule has 6 heteroatoms. The van der Waals surface area contributed by atoms with Crippen LogP contribution in [0.3, 0.4) is 0 Å². The van der Waals surface area contributed by atoms with Crippen LogP contribution in [0.5, 0.6) is 5.75 Å². The third kappa shape index (κ3) is 2.10. The second kappa shape index (κ2) is 5.30. The van der Waals surface area contributed by atoms with Gasteiger partial charge in [-0.15, -0.1) is 11.3 Å². The Morgan fingerprint density at radius 1 is 1.30 bits per heavy atom. The second-order valence-electron chi connectivity index (χ2n) is 4.07. The predicted octanol–water partition coefficient (Wildman–Crippen LogP) is 4.42. The number of ether oxygens (including phenoxy) is 1. The number of anilines is 1. The van der Waals surface area contributed by atoms with Gasteiger partial charge in [-0.05, 0) is 33.4 Å². The molecule has 4 nitrogen and oxygen atoms in total. The SMILES string of the molecule is COc1ccccc1-c1c(-c2sccc2Br)noc1N. The average molecular weight is 351 g/mol. The normalized spacial score (nSPS) is 10.7. The van der Waals surface area contributed by atoms with Crippen molar-refractivity contribution in [2.24, 2.45) is 0 Å². The monoisotopic (exact) mass is 350 g/mol. The molecule has 2 N–H and O–H groups in total. The molecule has 0 atom stereocenters. The predicted molar refractivity (Wildman–Crippen MR) is 83.9 cm³/mol. The molecule has 0 aliphatic carbocycles. The van der Waals surface area contributed by atoms with Crippen molar-refractivity contribution in [2.45, 2.75) is 0 Å². The summed E-state index contributed by atoms with van der Waals surface area (Å²) in [5, 5.41) is 6.08. The van der Waals surface area contributed by atoms with Crippen molar-refractivity contribution in [1.82, 2.24) is 5.16 Å². The van der Waals surface area contributed by atoms with E-state index in [1.54, 1.807) is 18.4 Å². The Bertz CT molecular complexity index is 751. The first kappa shape index (κ1) is 13.2. The van der Waals surface area contributed by atoms with Gasteiger partial charge in [-0.3, -0.25) is 0 Å². The van der Waals surface area contributed by atoms with E-state index in [1.807, 2.05) is 35.7 Å². The quantitative estimate of drug-likeness (QED) is 0.759. The number of thiophene rings is 1. The van der Waals surface area contributed by atoms with E-state index in [4.69, 9.17) is 15.0 Å². The molecule has 1 aromatic carbocycles. The molecule has 0 saturated carbocycles. The van der Waals surface area contributed by atoms with Crippen LogP contribution in [0.4, 0.5) is 5.88 Å². The third-order valence-electron chi connectivity index (χ3n) is 2.93. The van der Waals surface area contributed by atoms with Gasteiger partial charge in [0.15, 0.2) is 0 Å². The fourth-order valence-electron chi connectivity index (χ4n) is 2.03. The van der Waals surface area contributed by atoms with E-state index in [-0.39, 0.29) is 5.88 Å².